The van der Waals surface area contributed by atoms with Crippen LogP contribution in [-0.2, 0) is 4.79 Å². The predicted octanol–water partition coefficient (Wildman–Crippen LogP) is 2.32. The molecule has 1 fully saturated rings. The van der Waals surface area contributed by atoms with Gasteiger partial charge in [0.2, 0.25) is 0 Å². The van der Waals surface area contributed by atoms with Crippen LogP contribution in [-0.4, -0.2) is 38.9 Å². The van der Waals surface area contributed by atoms with Gasteiger partial charge in [-0.25, -0.2) is 0 Å². The van der Waals surface area contributed by atoms with Crippen molar-refractivity contribution in [3.63, 3.8) is 0 Å². The summed E-state index contributed by atoms with van der Waals surface area (Å²) in [6.45, 7) is 4.03. The van der Waals surface area contributed by atoms with Crippen LogP contribution in [0.2, 0.25) is 0 Å². The van der Waals surface area contributed by atoms with E-state index in [1.807, 2.05) is 11.0 Å². The fraction of sp³-hybridized carbons (Fsp3) is 0.438. The first-order chi connectivity index (χ1) is 9.31. The topological polar surface area (TPSA) is 20.3 Å². The van der Waals surface area contributed by atoms with Gasteiger partial charge in [0, 0.05) is 0 Å². The molecular weight excluding hydrogens is 301 g/mol. The molecule has 1 aliphatic rings. The van der Waals surface area contributed by atoms with E-state index in [4.69, 9.17) is 0 Å². The molecule has 0 bridgehead atoms. The fourth-order valence-corrected chi connectivity index (χ4v) is 3.88. The van der Waals surface area contributed by atoms with E-state index in [9.17, 15) is 4.79 Å². The number of hydrogen-bond donors (Lipinski definition) is 0. The molecule has 0 aromatic heterocycles. The summed E-state index contributed by atoms with van der Waals surface area (Å²) in [5, 5.41) is 0. The third-order valence-electron chi connectivity index (χ3n) is 3.30. The third kappa shape index (κ3) is 4.22. The van der Waals surface area contributed by atoms with Crippen molar-refractivity contribution in [3.8, 4) is 0 Å². The molecule has 0 aliphatic carbocycles. The number of benzene rings is 1. The molecule has 2 nitrogen and oxygen atoms in total. The number of likely N-dealkylation sites (tertiary alicyclic amines) is 1. The third-order valence-corrected chi connectivity index (χ3v) is 5.28. The molecule has 0 N–H and O–H groups in total. The molecule has 102 valence electrons. The number of hydrogen-bond acceptors (Lipinski definition) is 1. The number of carbonyl (C=O) groups excluding carboxylic acids is 1. The van der Waals surface area contributed by atoms with Gasteiger partial charge < -0.3 is 0 Å². The van der Waals surface area contributed by atoms with E-state index in [1.54, 1.807) is 0 Å². The molecule has 2 rings (SSSR count). The molecule has 1 aromatic rings. The van der Waals surface area contributed by atoms with Crippen LogP contribution in [0.3, 0.4) is 0 Å². The van der Waals surface area contributed by atoms with Crippen molar-refractivity contribution >= 4 is 25.3 Å². The first kappa shape index (κ1) is 14.4. The van der Waals surface area contributed by atoms with Crippen LogP contribution >= 0.6 is 0 Å². The Morgan fingerprint density at radius 1 is 1.32 bits per heavy atom. The number of piperidine rings is 1. The average Bonchev–Trinajstić information content (AvgIpc) is 2.46. The summed E-state index contributed by atoms with van der Waals surface area (Å²) in [5.41, 5.74) is 1.03. The van der Waals surface area contributed by atoms with E-state index in [1.165, 1.54) is 4.46 Å². The summed E-state index contributed by atoms with van der Waals surface area (Å²) in [5.74, 6) is 0.275. The number of unbranched alkanes of at least 4 members (excludes halogenated alkanes) is 1. The molecule has 0 saturated carbocycles. The molecule has 1 aliphatic heterocycles. The monoisotopic (exact) mass is 323 g/mol. The van der Waals surface area contributed by atoms with Crippen LogP contribution in [0.5, 0.6) is 0 Å². The Kier molecular flexibility index (Phi) is 5.68. The Hall–Kier alpha value is -1.05. The first-order valence-corrected chi connectivity index (χ1v) is 8.86. The first-order valence-electron chi connectivity index (χ1n) is 7.01. The van der Waals surface area contributed by atoms with E-state index >= 15 is 0 Å². The molecule has 0 unspecified atom stereocenters. The predicted molar refractivity (Wildman–Crippen MR) is 80.6 cm³/mol. The second kappa shape index (κ2) is 7.52. The Morgan fingerprint density at radius 2 is 2.11 bits per heavy atom. The van der Waals surface area contributed by atoms with Gasteiger partial charge in [-0.2, -0.15) is 0 Å². The summed E-state index contributed by atoms with van der Waals surface area (Å²) < 4.78 is 1.33. The van der Waals surface area contributed by atoms with Crippen LogP contribution in [0.4, 0.5) is 0 Å². The zero-order valence-electron chi connectivity index (χ0n) is 11.5. The minimum atomic E-state index is 0.275. The van der Waals surface area contributed by atoms with E-state index in [0.29, 0.717) is 0 Å². The van der Waals surface area contributed by atoms with Crippen molar-refractivity contribution in [1.29, 1.82) is 0 Å². The zero-order valence-corrected chi connectivity index (χ0v) is 13.2. The molecule has 0 radical (unpaired) electrons. The summed E-state index contributed by atoms with van der Waals surface area (Å²) >= 11 is 0.278. The normalized spacial score (nSPS) is 18.1. The molecule has 0 atom stereocenters. The quantitative estimate of drug-likeness (QED) is 0.602. The van der Waals surface area contributed by atoms with Gasteiger partial charge in [-0.05, 0) is 0 Å². The van der Waals surface area contributed by atoms with Crippen LogP contribution in [0.25, 0.3) is 0 Å². The molecule has 1 aromatic carbocycles. The van der Waals surface area contributed by atoms with Gasteiger partial charge in [-0.15, -0.1) is 0 Å². The van der Waals surface area contributed by atoms with Crippen molar-refractivity contribution in [2.75, 3.05) is 13.1 Å². The standard InChI is InChI=1S/C16H21NOSe/c1-2-3-11-17-12-7-8-14(16(17)18)13-19-15-9-5-4-6-10-15/h4-6,9-10,13H,2-3,7-8,11-12H2,1H3/b14-13-. The Labute approximate surface area is 122 Å². The number of carbonyl (C=O) groups is 1. The van der Waals surface area contributed by atoms with Gasteiger partial charge >= 0.3 is 122 Å². The van der Waals surface area contributed by atoms with Crippen LogP contribution < -0.4 is 4.46 Å². The van der Waals surface area contributed by atoms with Gasteiger partial charge in [0.15, 0.2) is 0 Å². The van der Waals surface area contributed by atoms with E-state index in [2.05, 4.69) is 36.2 Å². The summed E-state index contributed by atoms with van der Waals surface area (Å²) in [4.78, 5) is 16.5. The molecular formula is C16H21NOSe. The summed E-state index contributed by atoms with van der Waals surface area (Å²) in [6, 6.07) is 10.4. The van der Waals surface area contributed by atoms with E-state index in [0.717, 1.165) is 44.3 Å². The maximum atomic E-state index is 12.3. The molecule has 1 saturated heterocycles. The van der Waals surface area contributed by atoms with Crippen LogP contribution in [0, 0.1) is 0 Å². The maximum absolute atomic E-state index is 12.3. The average molecular weight is 322 g/mol. The molecule has 1 amide bonds. The number of rotatable bonds is 5. The van der Waals surface area contributed by atoms with Crippen molar-refractivity contribution in [3.05, 3.63) is 40.9 Å². The second-order valence-corrected chi connectivity index (χ2v) is 6.80. The Balaban J connectivity index is 1.97. The van der Waals surface area contributed by atoms with Gasteiger partial charge in [-0.1, -0.05) is 0 Å². The van der Waals surface area contributed by atoms with Crippen molar-refractivity contribution in [2.45, 2.75) is 32.6 Å². The molecule has 0 spiro atoms. The van der Waals surface area contributed by atoms with Gasteiger partial charge in [0.1, 0.15) is 0 Å². The van der Waals surface area contributed by atoms with Crippen molar-refractivity contribution < 1.29 is 4.79 Å². The SMILES string of the molecule is CCCCN1CCC/C(=C/[Se]c2ccccc2)C1=O. The van der Waals surface area contributed by atoms with E-state index < -0.39 is 0 Å². The minimum absolute atomic E-state index is 0.275. The fourth-order valence-electron chi connectivity index (χ4n) is 2.18. The van der Waals surface area contributed by atoms with Crippen molar-refractivity contribution in [1.82, 2.24) is 4.90 Å². The van der Waals surface area contributed by atoms with Gasteiger partial charge in [-0.3, -0.25) is 0 Å². The van der Waals surface area contributed by atoms with Gasteiger partial charge in [0.05, 0.1) is 0 Å². The molecule has 1 heterocycles. The number of nitrogens with zero attached hydrogens (tertiary/aromatic N) is 1. The Morgan fingerprint density at radius 3 is 2.84 bits per heavy atom. The zero-order chi connectivity index (χ0) is 13.5. The summed E-state index contributed by atoms with van der Waals surface area (Å²) in [6.07, 6.45) is 4.34. The van der Waals surface area contributed by atoms with Crippen LogP contribution in [0.15, 0.2) is 40.9 Å². The Bertz CT molecular complexity index is 441. The summed E-state index contributed by atoms with van der Waals surface area (Å²) in [7, 11) is 0. The molecule has 3 heteroatoms. The van der Waals surface area contributed by atoms with Gasteiger partial charge in [0.25, 0.3) is 0 Å². The van der Waals surface area contributed by atoms with Crippen LogP contribution in [0.1, 0.15) is 32.6 Å². The molecule has 19 heavy (non-hydrogen) atoms. The second-order valence-electron chi connectivity index (χ2n) is 4.82. The van der Waals surface area contributed by atoms with E-state index in [-0.39, 0.29) is 20.9 Å². The number of amides is 1. The van der Waals surface area contributed by atoms with Crippen molar-refractivity contribution in [2.24, 2.45) is 0 Å².